The van der Waals surface area contributed by atoms with Gasteiger partial charge in [-0.1, -0.05) is 43.0 Å². The minimum absolute atomic E-state index is 0.155. The summed E-state index contributed by atoms with van der Waals surface area (Å²) in [7, 11) is -3.85. The molecule has 0 unspecified atom stereocenters. The van der Waals surface area contributed by atoms with Crippen LogP contribution in [0.4, 0.5) is 5.69 Å². The number of amides is 1. The summed E-state index contributed by atoms with van der Waals surface area (Å²) in [5.41, 5.74) is 0.464. The van der Waals surface area contributed by atoms with Crippen molar-refractivity contribution in [1.29, 1.82) is 0 Å². The number of carbonyl (C=O) groups excluding carboxylic acids is 1. The molecule has 0 spiro atoms. The molecule has 1 saturated carbocycles. The van der Waals surface area contributed by atoms with Gasteiger partial charge in [0.05, 0.1) is 28.8 Å². The number of hydrogen-bond acceptors (Lipinski definition) is 4. The standard InChI is InChI=1S/C22H27ClN2O4S/c1-2-29-18-12-14-19(15-13-18)30(27,28)25(17-8-4-3-5-9-17)16-22(26)24-21-11-7-6-10-20(21)23/h6-7,10-15,17H,2-5,8-9,16H2,1H3,(H,24,26). The summed E-state index contributed by atoms with van der Waals surface area (Å²) in [5, 5.41) is 3.14. The highest BCUT2D eigenvalue weighted by Gasteiger charge is 2.34. The van der Waals surface area contributed by atoms with Crippen LogP contribution in [0.3, 0.4) is 0 Å². The Kier molecular flexibility index (Phi) is 7.75. The van der Waals surface area contributed by atoms with Crippen LogP contribution in [0.15, 0.2) is 53.4 Å². The summed E-state index contributed by atoms with van der Waals surface area (Å²) in [4.78, 5) is 12.9. The van der Waals surface area contributed by atoms with Crippen LogP contribution in [0.2, 0.25) is 5.02 Å². The van der Waals surface area contributed by atoms with Crippen LogP contribution in [-0.2, 0) is 14.8 Å². The van der Waals surface area contributed by atoms with Crippen molar-refractivity contribution in [1.82, 2.24) is 4.31 Å². The number of carbonyl (C=O) groups is 1. The second kappa shape index (κ2) is 10.3. The predicted molar refractivity (Wildman–Crippen MR) is 118 cm³/mol. The Labute approximate surface area is 183 Å². The van der Waals surface area contributed by atoms with Gasteiger partial charge in [0.2, 0.25) is 15.9 Å². The third kappa shape index (κ3) is 5.53. The molecule has 0 atom stereocenters. The van der Waals surface area contributed by atoms with Gasteiger partial charge in [-0.25, -0.2) is 8.42 Å². The molecule has 0 aliphatic heterocycles. The molecule has 0 saturated heterocycles. The number of sulfonamides is 1. The number of benzene rings is 2. The fourth-order valence-electron chi connectivity index (χ4n) is 3.68. The van der Waals surface area contributed by atoms with E-state index in [9.17, 15) is 13.2 Å². The molecule has 0 radical (unpaired) electrons. The van der Waals surface area contributed by atoms with E-state index < -0.39 is 15.9 Å². The largest absolute Gasteiger partial charge is 0.494 e. The van der Waals surface area contributed by atoms with Gasteiger partial charge in [0.1, 0.15) is 5.75 Å². The molecule has 1 aliphatic carbocycles. The van der Waals surface area contributed by atoms with E-state index in [-0.39, 0.29) is 17.5 Å². The van der Waals surface area contributed by atoms with Gasteiger partial charge in [0.15, 0.2) is 0 Å². The number of para-hydroxylation sites is 1. The molecule has 0 heterocycles. The lowest BCUT2D eigenvalue weighted by Crippen LogP contribution is -2.45. The smallest absolute Gasteiger partial charge is 0.243 e. The lowest BCUT2D eigenvalue weighted by Gasteiger charge is -2.33. The molecule has 1 N–H and O–H groups in total. The monoisotopic (exact) mass is 450 g/mol. The van der Waals surface area contributed by atoms with Crippen molar-refractivity contribution in [2.24, 2.45) is 0 Å². The minimum atomic E-state index is -3.85. The first-order valence-electron chi connectivity index (χ1n) is 10.2. The topological polar surface area (TPSA) is 75.7 Å². The molecule has 1 aliphatic rings. The van der Waals surface area contributed by atoms with Crippen molar-refractivity contribution in [3.8, 4) is 5.75 Å². The van der Waals surface area contributed by atoms with E-state index in [0.717, 1.165) is 32.1 Å². The van der Waals surface area contributed by atoms with Gasteiger partial charge in [-0.05, 0) is 56.2 Å². The molecular formula is C22H27ClN2O4S. The summed E-state index contributed by atoms with van der Waals surface area (Å²) < 4.78 is 33.6. The SMILES string of the molecule is CCOc1ccc(S(=O)(=O)N(CC(=O)Nc2ccccc2Cl)C2CCCCC2)cc1. The van der Waals surface area contributed by atoms with E-state index in [2.05, 4.69) is 5.32 Å². The molecule has 8 heteroatoms. The minimum Gasteiger partial charge on any atom is -0.494 e. The van der Waals surface area contributed by atoms with Crippen molar-refractivity contribution in [2.75, 3.05) is 18.5 Å². The van der Waals surface area contributed by atoms with E-state index in [1.54, 1.807) is 36.4 Å². The molecule has 162 valence electrons. The first-order chi connectivity index (χ1) is 14.4. The third-order valence-electron chi connectivity index (χ3n) is 5.17. The van der Waals surface area contributed by atoms with Gasteiger partial charge >= 0.3 is 0 Å². The fourth-order valence-corrected chi connectivity index (χ4v) is 5.51. The van der Waals surface area contributed by atoms with Crippen LogP contribution in [-0.4, -0.2) is 37.8 Å². The predicted octanol–water partition coefficient (Wildman–Crippen LogP) is 4.70. The van der Waals surface area contributed by atoms with E-state index in [1.165, 1.54) is 16.4 Å². The van der Waals surface area contributed by atoms with Crippen molar-refractivity contribution in [2.45, 2.75) is 50.0 Å². The fraction of sp³-hybridized carbons (Fsp3) is 0.409. The van der Waals surface area contributed by atoms with E-state index in [0.29, 0.717) is 23.1 Å². The molecule has 3 rings (SSSR count). The molecule has 1 amide bonds. The van der Waals surface area contributed by atoms with E-state index >= 15 is 0 Å². The Balaban J connectivity index is 1.84. The molecule has 1 fully saturated rings. The molecule has 0 aromatic heterocycles. The molecular weight excluding hydrogens is 424 g/mol. The Bertz CT molecular complexity index is 957. The average molecular weight is 451 g/mol. The van der Waals surface area contributed by atoms with Crippen molar-refractivity contribution in [3.05, 3.63) is 53.6 Å². The van der Waals surface area contributed by atoms with Gasteiger partial charge in [0.25, 0.3) is 0 Å². The number of rotatable bonds is 8. The molecule has 2 aromatic rings. The second-order valence-electron chi connectivity index (χ2n) is 7.27. The Morgan fingerprint density at radius 1 is 1.10 bits per heavy atom. The van der Waals surface area contributed by atoms with Gasteiger partial charge in [-0.3, -0.25) is 4.79 Å². The summed E-state index contributed by atoms with van der Waals surface area (Å²) in [5.74, 6) is 0.195. The highest BCUT2D eigenvalue weighted by molar-refractivity contribution is 7.89. The van der Waals surface area contributed by atoms with Gasteiger partial charge in [0, 0.05) is 6.04 Å². The van der Waals surface area contributed by atoms with Gasteiger partial charge in [-0.15, -0.1) is 0 Å². The quantitative estimate of drug-likeness (QED) is 0.632. The Hall–Kier alpha value is -2.09. The van der Waals surface area contributed by atoms with Gasteiger partial charge in [-0.2, -0.15) is 4.31 Å². The second-order valence-corrected chi connectivity index (χ2v) is 9.57. The van der Waals surface area contributed by atoms with Crippen molar-refractivity contribution < 1.29 is 17.9 Å². The first kappa shape index (κ1) is 22.6. The highest BCUT2D eigenvalue weighted by Crippen LogP contribution is 2.29. The molecule has 30 heavy (non-hydrogen) atoms. The lowest BCUT2D eigenvalue weighted by molar-refractivity contribution is -0.116. The average Bonchev–Trinajstić information content (AvgIpc) is 2.75. The highest BCUT2D eigenvalue weighted by atomic mass is 35.5. The van der Waals surface area contributed by atoms with Crippen LogP contribution in [0.1, 0.15) is 39.0 Å². The number of anilines is 1. The zero-order valence-corrected chi connectivity index (χ0v) is 18.6. The number of hydrogen-bond donors (Lipinski definition) is 1. The van der Waals surface area contributed by atoms with Crippen molar-refractivity contribution >= 4 is 33.2 Å². The van der Waals surface area contributed by atoms with E-state index in [1.807, 2.05) is 6.92 Å². The van der Waals surface area contributed by atoms with Crippen LogP contribution in [0.5, 0.6) is 5.75 Å². The summed E-state index contributed by atoms with van der Waals surface area (Å²) in [6.07, 6.45) is 4.47. The zero-order chi connectivity index (χ0) is 21.6. The van der Waals surface area contributed by atoms with Crippen LogP contribution in [0.25, 0.3) is 0 Å². The number of nitrogens with one attached hydrogen (secondary N) is 1. The van der Waals surface area contributed by atoms with Crippen LogP contribution in [0, 0.1) is 0 Å². The normalized spacial score (nSPS) is 15.2. The maximum absolute atomic E-state index is 13.4. The number of nitrogens with zero attached hydrogens (tertiary/aromatic N) is 1. The summed E-state index contributed by atoms with van der Waals surface area (Å²) in [6.45, 7) is 2.11. The number of halogens is 1. The maximum Gasteiger partial charge on any atom is 0.243 e. The van der Waals surface area contributed by atoms with E-state index in [4.69, 9.17) is 16.3 Å². The third-order valence-corrected chi connectivity index (χ3v) is 7.41. The van der Waals surface area contributed by atoms with Crippen LogP contribution >= 0.6 is 11.6 Å². The van der Waals surface area contributed by atoms with Crippen molar-refractivity contribution in [3.63, 3.8) is 0 Å². The zero-order valence-electron chi connectivity index (χ0n) is 17.0. The molecule has 2 aromatic carbocycles. The lowest BCUT2D eigenvalue weighted by atomic mass is 9.95. The first-order valence-corrected chi connectivity index (χ1v) is 12.0. The summed E-state index contributed by atoms with van der Waals surface area (Å²) >= 11 is 6.12. The Morgan fingerprint density at radius 3 is 2.40 bits per heavy atom. The molecule has 6 nitrogen and oxygen atoms in total. The number of ether oxygens (including phenoxy) is 1. The maximum atomic E-state index is 13.4. The van der Waals surface area contributed by atoms with Gasteiger partial charge < -0.3 is 10.1 Å². The summed E-state index contributed by atoms with van der Waals surface area (Å²) in [6, 6.07) is 13.0. The molecule has 0 bridgehead atoms. The Morgan fingerprint density at radius 2 is 1.77 bits per heavy atom. The van der Waals surface area contributed by atoms with Crippen LogP contribution < -0.4 is 10.1 Å².